The number of carbonyl (C=O) groups excluding carboxylic acids is 1. The van der Waals surface area contributed by atoms with Gasteiger partial charge in [-0.1, -0.05) is 58.2 Å². The molecule has 0 saturated carbocycles. The molecule has 0 bridgehead atoms. The van der Waals surface area contributed by atoms with Gasteiger partial charge in [-0.25, -0.2) is 0 Å². The first-order valence-corrected chi connectivity index (χ1v) is 9.34. The van der Waals surface area contributed by atoms with E-state index in [2.05, 4.69) is 13.8 Å². The number of ether oxygens (including phenoxy) is 1. The van der Waals surface area contributed by atoms with Crippen LogP contribution in [-0.4, -0.2) is 30.9 Å². The van der Waals surface area contributed by atoms with E-state index in [1.54, 1.807) is 0 Å². The number of benzene rings is 1. The van der Waals surface area contributed by atoms with Gasteiger partial charge in [0.1, 0.15) is 0 Å². The molecule has 1 heterocycles. The van der Waals surface area contributed by atoms with Crippen molar-refractivity contribution in [2.45, 2.75) is 58.4 Å². The van der Waals surface area contributed by atoms with E-state index in [1.807, 2.05) is 6.92 Å². The molecule has 2 atom stereocenters. The normalized spacial score (nSPS) is 21.0. The Morgan fingerprint density at radius 3 is 2.37 bits per heavy atom. The molecule has 0 N–H and O–H groups in total. The quantitative estimate of drug-likeness (QED) is 0.578. The number of nitrogens with zero attached hydrogens (tertiary/aromatic N) is 1. The topological polar surface area (TPSA) is 38.8 Å². The molecule has 1 amide bonds. The van der Waals surface area contributed by atoms with Crippen LogP contribution in [0.4, 0.5) is 13.2 Å². The standard InChI is InChI=1S/C20H28F3NO3/c1-14(2)8-7-9-15(3)12-13-27-19(20(21,22)23)17-11-6-5-10-16(17)18(25)24(19)26-4/h5-6,10-11,14-15H,7-9,12-13H2,1-4H3/t15-,19?/m0/s1. The lowest BCUT2D eigenvalue weighted by atomic mass is 9.97. The lowest BCUT2D eigenvalue weighted by Gasteiger charge is -2.38. The number of alkyl halides is 3. The summed E-state index contributed by atoms with van der Waals surface area (Å²) >= 11 is 0. The molecule has 152 valence electrons. The first-order chi connectivity index (χ1) is 12.6. The molecule has 1 aliphatic rings. The number of fused-ring (bicyclic) bond motifs is 1. The van der Waals surface area contributed by atoms with Crippen molar-refractivity contribution in [3.63, 3.8) is 0 Å². The van der Waals surface area contributed by atoms with Gasteiger partial charge < -0.3 is 4.74 Å². The van der Waals surface area contributed by atoms with Gasteiger partial charge in [0, 0.05) is 5.56 Å². The molecule has 27 heavy (non-hydrogen) atoms. The molecular weight excluding hydrogens is 359 g/mol. The summed E-state index contributed by atoms with van der Waals surface area (Å²) in [4.78, 5) is 17.2. The van der Waals surface area contributed by atoms with Gasteiger partial charge in [0.05, 0.1) is 19.3 Å². The number of halogens is 3. The predicted molar refractivity (Wildman–Crippen MR) is 95.8 cm³/mol. The van der Waals surface area contributed by atoms with Crippen LogP contribution in [0.25, 0.3) is 0 Å². The molecule has 0 aromatic heterocycles. The van der Waals surface area contributed by atoms with Crippen molar-refractivity contribution < 1.29 is 27.5 Å². The second kappa shape index (κ2) is 8.61. The highest BCUT2D eigenvalue weighted by molar-refractivity contribution is 5.99. The number of hydroxylamine groups is 2. The first kappa shape index (κ1) is 21.7. The van der Waals surface area contributed by atoms with Crippen molar-refractivity contribution in [1.82, 2.24) is 5.06 Å². The van der Waals surface area contributed by atoms with Gasteiger partial charge in [-0.05, 0) is 24.3 Å². The van der Waals surface area contributed by atoms with E-state index in [1.165, 1.54) is 24.3 Å². The van der Waals surface area contributed by atoms with E-state index in [0.717, 1.165) is 26.4 Å². The molecule has 7 heteroatoms. The zero-order valence-corrected chi connectivity index (χ0v) is 16.3. The smallest absolute Gasteiger partial charge is 0.342 e. The van der Waals surface area contributed by atoms with Crippen LogP contribution >= 0.6 is 0 Å². The van der Waals surface area contributed by atoms with Gasteiger partial charge in [-0.2, -0.15) is 18.2 Å². The van der Waals surface area contributed by atoms with Crippen molar-refractivity contribution in [2.75, 3.05) is 13.7 Å². The second-order valence-electron chi connectivity index (χ2n) is 7.54. The molecule has 1 aromatic carbocycles. The summed E-state index contributed by atoms with van der Waals surface area (Å²) in [7, 11) is 1.04. The van der Waals surface area contributed by atoms with E-state index < -0.39 is 17.8 Å². The highest BCUT2D eigenvalue weighted by Crippen LogP contribution is 2.50. The minimum atomic E-state index is -4.84. The Labute approximate surface area is 158 Å². The summed E-state index contributed by atoms with van der Waals surface area (Å²) in [5, 5.41) is 0.307. The number of hydrogen-bond acceptors (Lipinski definition) is 3. The van der Waals surface area contributed by atoms with Crippen LogP contribution in [-0.2, 0) is 15.3 Å². The van der Waals surface area contributed by atoms with Crippen LogP contribution in [0.5, 0.6) is 0 Å². The number of carbonyl (C=O) groups is 1. The molecule has 0 aliphatic carbocycles. The molecule has 0 saturated heterocycles. The summed E-state index contributed by atoms with van der Waals surface area (Å²) in [6, 6.07) is 5.61. The third-order valence-corrected chi connectivity index (χ3v) is 4.96. The van der Waals surface area contributed by atoms with E-state index in [-0.39, 0.29) is 23.7 Å². The second-order valence-corrected chi connectivity index (χ2v) is 7.54. The third-order valence-electron chi connectivity index (χ3n) is 4.96. The van der Waals surface area contributed by atoms with Crippen molar-refractivity contribution in [2.24, 2.45) is 11.8 Å². The van der Waals surface area contributed by atoms with Gasteiger partial charge in [0.2, 0.25) is 0 Å². The number of amides is 1. The molecule has 4 nitrogen and oxygen atoms in total. The van der Waals surface area contributed by atoms with Crippen LogP contribution in [0, 0.1) is 11.8 Å². The van der Waals surface area contributed by atoms with Crippen LogP contribution in [0.1, 0.15) is 62.4 Å². The van der Waals surface area contributed by atoms with Crippen LogP contribution < -0.4 is 0 Å². The van der Waals surface area contributed by atoms with Crippen LogP contribution in [0.2, 0.25) is 0 Å². The largest absolute Gasteiger partial charge is 0.443 e. The molecule has 2 rings (SSSR count). The van der Waals surface area contributed by atoms with E-state index in [4.69, 9.17) is 9.57 Å². The lowest BCUT2D eigenvalue weighted by molar-refractivity contribution is -0.384. The minimum Gasteiger partial charge on any atom is -0.342 e. The Morgan fingerprint density at radius 1 is 1.11 bits per heavy atom. The van der Waals surface area contributed by atoms with E-state index >= 15 is 0 Å². The maximum Gasteiger partial charge on any atom is 0.443 e. The molecule has 1 unspecified atom stereocenters. The Morgan fingerprint density at radius 2 is 1.78 bits per heavy atom. The first-order valence-electron chi connectivity index (χ1n) is 9.34. The van der Waals surface area contributed by atoms with Crippen molar-refractivity contribution >= 4 is 5.91 Å². The number of rotatable bonds is 9. The van der Waals surface area contributed by atoms with E-state index in [0.29, 0.717) is 17.4 Å². The van der Waals surface area contributed by atoms with Gasteiger partial charge in [-0.15, -0.1) is 0 Å². The Kier molecular flexibility index (Phi) is 6.92. The maximum atomic E-state index is 14.1. The molecule has 0 spiro atoms. The van der Waals surface area contributed by atoms with Gasteiger partial charge in [0.25, 0.3) is 11.6 Å². The fourth-order valence-electron chi connectivity index (χ4n) is 3.45. The average Bonchev–Trinajstić information content (AvgIpc) is 2.84. The summed E-state index contributed by atoms with van der Waals surface area (Å²) in [6.07, 6.45) is -1.30. The SMILES string of the molecule is CON1C(=O)c2ccccc2C1(OCC[C@@H](C)CCCC(C)C)C(F)(F)F. The molecule has 0 fully saturated rings. The average molecular weight is 387 g/mol. The Hall–Kier alpha value is -1.60. The molecule has 1 aromatic rings. The Balaban J connectivity index is 2.17. The highest BCUT2D eigenvalue weighted by atomic mass is 19.4. The maximum absolute atomic E-state index is 14.1. The van der Waals surface area contributed by atoms with Crippen molar-refractivity contribution in [3.05, 3.63) is 35.4 Å². The van der Waals surface area contributed by atoms with Crippen LogP contribution in [0.3, 0.4) is 0 Å². The van der Waals surface area contributed by atoms with Gasteiger partial charge in [-0.3, -0.25) is 9.63 Å². The fraction of sp³-hybridized carbons (Fsp3) is 0.650. The Bertz CT molecular complexity index is 648. The fourth-order valence-corrected chi connectivity index (χ4v) is 3.45. The van der Waals surface area contributed by atoms with Gasteiger partial charge >= 0.3 is 6.18 Å². The summed E-state index contributed by atoms with van der Waals surface area (Å²) < 4.78 is 47.8. The summed E-state index contributed by atoms with van der Waals surface area (Å²) in [5.74, 6) is -0.00834. The molecule has 1 aliphatic heterocycles. The number of hydrogen-bond donors (Lipinski definition) is 0. The zero-order chi connectivity index (χ0) is 20.2. The van der Waals surface area contributed by atoms with Crippen LogP contribution in [0.15, 0.2) is 24.3 Å². The van der Waals surface area contributed by atoms with Crippen molar-refractivity contribution in [1.29, 1.82) is 0 Å². The third kappa shape index (κ3) is 4.29. The minimum absolute atomic E-state index is 0.0540. The monoisotopic (exact) mass is 387 g/mol. The molecule has 0 radical (unpaired) electrons. The summed E-state index contributed by atoms with van der Waals surface area (Å²) in [6.45, 7) is 6.18. The summed E-state index contributed by atoms with van der Waals surface area (Å²) in [5.41, 5.74) is -3.19. The predicted octanol–water partition coefficient (Wildman–Crippen LogP) is 5.29. The molecular formula is C20H28F3NO3. The van der Waals surface area contributed by atoms with Crippen molar-refractivity contribution in [3.8, 4) is 0 Å². The highest BCUT2D eigenvalue weighted by Gasteiger charge is 2.68. The lowest BCUT2D eigenvalue weighted by Crippen LogP contribution is -2.55. The van der Waals surface area contributed by atoms with E-state index in [9.17, 15) is 18.0 Å². The van der Waals surface area contributed by atoms with Gasteiger partial charge in [0.15, 0.2) is 0 Å². The zero-order valence-electron chi connectivity index (χ0n) is 16.3.